The molecule has 1 unspecified atom stereocenters. The lowest BCUT2D eigenvalue weighted by atomic mass is 10.0. The molecule has 4 aromatic heterocycles. The molecule has 5 heterocycles. The van der Waals surface area contributed by atoms with Gasteiger partial charge in [-0.2, -0.15) is 0 Å². The normalized spacial score (nSPS) is 15.7. The van der Waals surface area contributed by atoms with E-state index in [0.29, 0.717) is 38.7 Å². The fraction of sp³-hybridized carbons (Fsp3) is 0.286. The van der Waals surface area contributed by atoms with E-state index in [2.05, 4.69) is 30.1 Å². The van der Waals surface area contributed by atoms with Crippen molar-refractivity contribution in [2.75, 3.05) is 44.4 Å². The zero-order chi connectivity index (χ0) is 28.3. The smallest absolute Gasteiger partial charge is 0.342 e. The van der Waals surface area contributed by atoms with E-state index in [-0.39, 0.29) is 11.7 Å². The number of carbonyl (C=O) groups is 1. The van der Waals surface area contributed by atoms with Crippen LogP contribution in [0.25, 0.3) is 38.7 Å². The van der Waals surface area contributed by atoms with Crippen molar-refractivity contribution >= 4 is 44.9 Å². The number of nitrogens with one attached hydrogen (secondary N) is 2. The Morgan fingerprint density at radius 3 is 2.77 bits per heavy atom. The lowest BCUT2D eigenvalue weighted by Crippen LogP contribution is -2.38. The summed E-state index contributed by atoms with van der Waals surface area (Å²) in [7, 11) is 5.54. The Bertz CT molecular complexity index is 1880. The maximum atomic E-state index is 14.8. The molecular weight excluding hydrogens is 520 g/mol. The van der Waals surface area contributed by atoms with Gasteiger partial charge < -0.3 is 25.2 Å². The second kappa shape index (κ2) is 9.56. The van der Waals surface area contributed by atoms with Gasteiger partial charge in [-0.1, -0.05) is 0 Å². The largest absolute Gasteiger partial charge is 0.477 e. The van der Waals surface area contributed by atoms with Crippen molar-refractivity contribution in [2.45, 2.75) is 18.9 Å². The van der Waals surface area contributed by atoms with Gasteiger partial charge in [0.1, 0.15) is 16.9 Å². The van der Waals surface area contributed by atoms with Gasteiger partial charge in [0.25, 0.3) is 5.56 Å². The number of aromatic nitrogens is 4. The fourth-order valence-electron chi connectivity index (χ4n) is 5.79. The molecule has 0 radical (unpaired) electrons. The van der Waals surface area contributed by atoms with E-state index in [0.717, 1.165) is 37.8 Å². The number of hydrogen-bond donors (Lipinski definition) is 3. The maximum absolute atomic E-state index is 14.8. The van der Waals surface area contributed by atoms with Crippen LogP contribution in [0.15, 0.2) is 41.6 Å². The summed E-state index contributed by atoms with van der Waals surface area (Å²) in [6, 6.07) is 4.76. The number of pyridine rings is 2. The van der Waals surface area contributed by atoms with Crippen LogP contribution in [0.4, 0.5) is 20.2 Å². The first-order chi connectivity index (χ1) is 19.2. The van der Waals surface area contributed by atoms with Gasteiger partial charge in [-0.05, 0) is 45.1 Å². The SMILES string of the molecule is CNc1c(F)c(F)cc2c1[nH]c1ncc(-c3ccc4ncc(C(=O)O)c(=O)n4c3)c(N3CCCC3CN(C)C)c12. The molecule has 0 saturated carbocycles. The number of aromatic amines is 1. The molecule has 40 heavy (non-hydrogen) atoms. The van der Waals surface area contributed by atoms with Gasteiger partial charge in [-0.15, -0.1) is 0 Å². The van der Waals surface area contributed by atoms with Crippen molar-refractivity contribution < 1.29 is 18.7 Å². The monoisotopic (exact) mass is 547 g/mol. The number of carboxylic acids is 1. The second-order valence-corrected chi connectivity index (χ2v) is 10.3. The average molecular weight is 548 g/mol. The Hall–Kier alpha value is -4.58. The number of benzene rings is 1. The predicted octanol–water partition coefficient (Wildman–Crippen LogP) is 3.94. The molecule has 1 atom stereocenters. The number of hydrogen-bond acceptors (Lipinski definition) is 7. The molecule has 1 aliphatic rings. The highest BCUT2D eigenvalue weighted by Gasteiger charge is 2.31. The molecule has 0 amide bonds. The van der Waals surface area contributed by atoms with E-state index >= 15 is 0 Å². The second-order valence-electron chi connectivity index (χ2n) is 10.3. The van der Waals surface area contributed by atoms with Crippen LogP contribution in [0.3, 0.4) is 0 Å². The molecule has 3 N–H and O–H groups in total. The third-order valence-electron chi connectivity index (χ3n) is 7.52. The van der Waals surface area contributed by atoms with Crippen molar-refractivity contribution in [3.8, 4) is 11.1 Å². The van der Waals surface area contributed by atoms with E-state index in [1.165, 1.54) is 17.5 Å². The van der Waals surface area contributed by atoms with Gasteiger partial charge >= 0.3 is 5.97 Å². The summed E-state index contributed by atoms with van der Waals surface area (Å²) in [5.41, 5.74) is 2.08. The lowest BCUT2D eigenvalue weighted by molar-refractivity contribution is 0.0694. The summed E-state index contributed by atoms with van der Waals surface area (Å²) < 4.78 is 30.8. The topological polar surface area (TPSA) is 119 Å². The van der Waals surface area contributed by atoms with Crippen LogP contribution >= 0.6 is 0 Å². The Balaban J connectivity index is 1.69. The molecule has 12 heteroatoms. The Morgan fingerprint density at radius 2 is 2.05 bits per heavy atom. The maximum Gasteiger partial charge on any atom is 0.342 e. The van der Waals surface area contributed by atoms with Crippen LogP contribution < -0.4 is 15.8 Å². The predicted molar refractivity (Wildman–Crippen MR) is 149 cm³/mol. The van der Waals surface area contributed by atoms with Gasteiger partial charge in [0.05, 0.1) is 22.3 Å². The molecule has 1 saturated heterocycles. The van der Waals surface area contributed by atoms with E-state index < -0.39 is 28.7 Å². The quantitative estimate of drug-likeness (QED) is 0.293. The molecule has 0 spiro atoms. The summed E-state index contributed by atoms with van der Waals surface area (Å²) in [6.07, 6.45) is 6.16. The Kier molecular flexibility index (Phi) is 6.14. The summed E-state index contributed by atoms with van der Waals surface area (Å²) in [5.74, 6) is -3.33. The van der Waals surface area contributed by atoms with Crippen molar-refractivity contribution in [1.82, 2.24) is 24.3 Å². The Morgan fingerprint density at radius 1 is 1.25 bits per heavy atom. The third-order valence-corrected chi connectivity index (χ3v) is 7.52. The number of fused-ring (bicyclic) bond motifs is 4. The number of rotatable bonds is 6. The van der Waals surface area contributed by atoms with E-state index in [1.54, 1.807) is 24.5 Å². The number of likely N-dealkylation sites (N-methyl/N-ethyl adjacent to an activating group) is 1. The molecule has 0 aliphatic carbocycles. The highest BCUT2D eigenvalue weighted by molar-refractivity contribution is 6.18. The van der Waals surface area contributed by atoms with Crippen LogP contribution in [0, 0.1) is 11.6 Å². The molecule has 1 aliphatic heterocycles. The molecule has 1 aromatic carbocycles. The summed E-state index contributed by atoms with van der Waals surface area (Å²) >= 11 is 0. The number of halogens is 2. The molecular formula is C28H27F2N7O3. The number of nitrogens with zero attached hydrogens (tertiary/aromatic N) is 5. The average Bonchev–Trinajstić information content (AvgIpc) is 3.52. The van der Waals surface area contributed by atoms with Crippen molar-refractivity contribution in [3.05, 3.63) is 64.3 Å². The zero-order valence-corrected chi connectivity index (χ0v) is 22.1. The van der Waals surface area contributed by atoms with Crippen molar-refractivity contribution in [1.29, 1.82) is 0 Å². The summed E-state index contributed by atoms with van der Waals surface area (Å²) in [6.45, 7) is 1.51. The van der Waals surface area contributed by atoms with Gasteiger partial charge in [-0.25, -0.2) is 23.5 Å². The molecule has 206 valence electrons. The first-order valence-corrected chi connectivity index (χ1v) is 12.9. The van der Waals surface area contributed by atoms with Crippen LogP contribution in [0.2, 0.25) is 0 Å². The fourth-order valence-corrected chi connectivity index (χ4v) is 5.79. The van der Waals surface area contributed by atoms with Gasteiger partial charge in [0.2, 0.25) is 0 Å². The van der Waals surface area contributed by atoms with Crippen LogP contribution in [0.1, 0.15) is 23.2 Å². The van der Waals surface area contributed by atoms with Gasteiger partial charge in [-0.3, -0.25) is 9.20 Å². The molecule has 10 nitrogen and oxygen atoms in total. The van der Waals surface area contributed by atoms with E-state index in [4.69, 9.17) is 0 Å². The minimum absolute atomic E-state index is 0.0105. The highest BCUT2D eigenvalue weighted by Crippen LogP contribution is 2.44. The molecule has 1 fully saturated rings. The van der Waals surface area contributed by atoms with E-state index in [9.17, 15) is 23.5 Å². The summed E-state index contributed by atoms with van der Waals surface area (Å²) in [4.78, 5) is 40.9. The standard InChI is InChI=1S/C28H27F2N7O3/c1-31-24-22(30)19(29)9-16-21-25(36-8-4-5-15(36)13-35(2)3)17(10-33-26(21)34-23(16)24)14-6-7-20-32-11-18(28(39)40)27(38)37(20)12-14/h6-7,9-12,15,31H,4-5,8,13H2,1-3H3,(H,33,34)(H,39,40). The first-order valence-electron chi connectivity index (χ1n) is 12.9. The number of carboxylic acid groups (broad SMARTS) is 1. The third kappa shape index (κ3) is 3.94. The lowest BCUT2D eigenvalue weighted by Gasteiger charge is -2.31. The van der Waals surface area contributed by atoms with Crippen molar-refractivity contribution in [2.24, 2.45) is 0 Å². The minimum Gasteiger partial charge on any atom is -0.477 e. The highest BCUT2D eigenvalue weighted by atomic mass is 19.2. The van der Waals surface area contributed by atoms with Crippen molar-refractivity contribution in [3.63, 3.8) is 0 Å². The van der Waals surface area contributed by atoms with E-state index in [1.807, 2.05) is 14.1 Å². The molecule has 0 bridgehead atoms. The molecule has 5 aromatic rings. The number of anilines is 2. The first kappa shape index (κ1) is 25.7. The zero-order valence-electron chi connectivity index (χ0n) is 22.1. The van der Waals surface area contributed by atoms with Gasteiger partial charge in [0.15, 0.2) is 11.6 Å². The van der Waals surface area contributed by atoms with Crippen LogP contribution in [-0.2, 0) is 0 Å². The van der Waals surface area contributed by atoms with Crippen LogP contribution in [0.5, 0.6) is 0 Å². The van der Waals surface area contributed by atoms with Crippen LogP contribution in [-0.4, -0.2) is 75.6 Å². The Labute approximate surface area is 226 Å². The van der Waals surface area contributed by atoms with Gasteiger partial charge in [0, 0.05) is 61.3 Å². The summed E-state index contributed by atoms with van der Waals surface area (Å²) in [5, 5.41) is 13.3. The minimum atomic E-state index is -1.36. The number of aromatic carboxylic acids is 1. The molecule has 6 rings (SSSR count). The number of H-pyrrole nitrogens is 1.